The molecule has 0 bridgehead atoms. The van der Waals surface area contributed by atoms with Crippen LogP contribution in [0.3, 0.4) is 0 Å². The Morgan fingerprint density at radius 3 is 2.75 bits per heavy atom. The van der Waals surface area contributed by atoms with Crippen LogP contribution < -0.4 is 5.32 Å². The SMILES string of the molecule is CCCN(CC1CCCN1)C(=O)C1CC1C. The summed E-state index contributed by atoms with van der Waals surface area (Å²) in [5.74, 6) is 1.37. The van der Waals surface area contributed by atoms with Gasteiger partial charge in [-0.1, -0.05) is 13.8 Å². The van der Waals surface area contributed by atoms with Gasteiger partial charge in [-0.3, -0.25) is 4.79 Å². The first-order valence-corrected chi connectivity index (χ1v) is 6.74. The Morgan fingerprint density at radius 1 is 1.50 bits per heavy atom. The summed E-state index contributed by atoms with van der Waals surface area (Å²) in [5, 5.41) is 3.48. The number of rotatable bonds is 5. The number of nitrogens with zero attached hydrogens (tertiary/aromatic N) is 1. The second-order valence-corrected chi connectivity index (χ2v) is 5.40. The van der Waals surface area contributed by atoms with E-state index in [1.807, 2.05) is 0 Å². The first-order valence-electron chi connectivity index (χ1n) is 6.74. The average Bonchev–Trinajstić information content (AvgIpc) is 2.79. The molecule has 3 atom stereocenters. The van der Waals surface area contributed by atoms with Crippen molar-refractivity contribution < 1.29 is 4.79 Å². The molecule has 3 unspecified atom stereocenters. The molecule has 0 radical (unpaired) electrons. The Hall–Kier alpha value is -0.570. The van der Waals surface area contributed by atoms with E-state index >= 15 is 0 Å². The predicted octanol–water partition coefficient (Wildman–Crippen LogP) is 1.63. The minimum absolute atomic E-state index is 0.341. The van der Waals surface area contributed by atoms with Gasteiger partial charge in [0.2, 0.25) is 5.91 Å². The van der Waals surface area contributed by atoms with Crippen molar-refractivity contribution in [3.8, 4) is 0 Å². The fraction of sp³-hybridized carbons (Fsp3) is 0.923. The third-order valence-corrected chi connectivity index (χ3v) is 3.84. The van der Waals surface area contributed by atoms with Crippen molar-refractivity contribution in [1.82, 2.24) is 10.2 Å². The van der Waals surface area contributed by atoms with Gasteiger partial charge in [-0.15, -0.1) is 0 Å². The molecule has 2 rings (SSSR count). The monoisotopic (exact) mass is 224 g/mol. The number of amides is 1. The number of carbonyl (C=O) groups excluding carboxylic acids is 1. The zero-order valence-electron chi connectivity index (χ0n) is 10.5. The number of hydrogen-bond donors (Lipinski definition) is 1. The molecule has 1 amide bonds. The molecule has 0 aromatic carbocycles. The van der Waals surface area contributed by atoms with Gasteiger partial charge in [-0.2, -0.15) is 0 Å². The molecule has 1 heterocycles. The molecule has 0 aromatic heterocycles. The second kappa shape index (κ2) is 5.17. The van der Waals surface area contributed by atoms with E-state index in [2.05, 4.69) is 24.1 Å². The molecule has 1 N–H and O–H groups in total. The van der Waals surface area contributed by atoms with Crippen molar-refractivity contribution in [2.75, 3.05) is 19.6 Å². The molecule has 1 saturated heterocycles. The van der Waals surface area contributed by atoms with Crippen LogP contribution in [0.5, 0.6) is 0 Å². The van der Waals surface area contributed by atoms with Crippen molar-refractivity contribution in [2.45, 2.75) is 45.6 Å². The summed E-state index contributed by atoms with van der Waals surface area (Å²) in [4.78, 5) is 14.3. The smallest absolute Gasteiger partial charge is 0.226 e. The highest BCUT2D eigenvalue weighted by molar-refractivity contribution is 5.81. The van der Waals surface area contributed by atoms with Gasteiger partial charge in [-0.05, 0) is 38.1 Å². The van der Waals surface area contributed by atoms with E-state index in [4.69, 9.17) is 0 Å². The van der Waals surface area contributed by atoms with E-state index in [0.29, 0.717) is 23.8 Å². The molecule has 1 aliphatic heterocycles. The lowest BCUT2D eigenvalue weighted by molar-refractivity contribution is -0.133. The maximum Gasteiger partial charge on any atom is 0.226 e. The van der Waals surface area contributed by atoms with Gasteiger partial charge in [0, 0.05) is 25.0 Å². The number of nitrogens with one attached hydrogen (secondary N) is 1. The van der Waals surface area contributed by atoms with Crippen LogP contribution in [0, 0.1) is 11.8 Å². The standard InChI is InChI=1S/C13H24N2O/c1-3-7-15(9-11-5-4-6-14-11)13(16)12-8-10(12)2/h10-12,14H,3-9H2,1-2H3. The minimum Gasteiger partial charge on any atom is -0.341 e. The summed E-state index contributed by atoms with van der Waals surface area (Å²) in [7, 11) is 0. The normalized spacial score (nSPS) is 32.8. The zero-order chi connectivity index (χ0) is 11.5. The van der Waals surface area contributed by atoms with Crippen molar-refractivity contribution >= 4 is 5.91 Å². The molecule has 0 aromatic rings. The van der Waals surface area contributed by atoms with Crippen LogP contribution in [0.2, 0.25) is 0 Å². The third kappa shape index (κ3) is 2.76. The fourth-order valence-corrected chi connectivity index (χ4v) is 2.64. The van der Waals surface area contributed by atoms with Gasteiger partial charge in [0.1, 0.15) is 0 Å². The van der Waals surface area contributed by atoms with E-state index in [-0.39, 0.29) is 0 Å². The highest BCUT2D eigenvalue weighted by Gasteiger charge is 2.41. The molecule has 1 saturated carbocycles. The lowest BCUT2D eigenvalue weighted by Crippen LogP contribution is -2.42. The lowest BCUT2D eigenvalue weighted by Gasteiger charge is -2.25. The summed E-state index contributed by atoms with van der Waals surface area (Å²) in [6.45, 7) is 7.31. The van der Waals surface area contributed by atoms with Gasteiger partial charge in [0.15, 0.2) is 0 Å². The zero-order valence-corrected chi connectivity index (χ0v) is 10.5. The van der Waals surface area contributed by atoms with Crippen molar-refractivity contribution in [2.24, 2.45) is 11.8 Å². The van der Waals surface area contributed by atoms with Gasteiger partial charge in [0.05, 0.1) is 0 Å². The topological polar surface area (TPSA) is 32.3 Å². The fourth-order valence-electron chi connectivity index (χ4n) is 2.64. The first kappa shape index (κ1) is 11.9. The summed E-state index contributed by atoms with van der Waals surface area (Å²) < 4.78 is 0. The summed E-state index contributed by atoms with van der Waals surface area (Å²) in [6.07, 6.45) is 4.67. The van der Waals surface area contributed by atoms with Gasteiger partial charge < -0.3 is 10.2 Å². The lowest BCUT2D eigenvalue weighted by atomic mass is 10.2. The molecule has 0 spiro atoms. The van der Waals surface area contributed by atoms with Crippen LogP contribution in [0.15, 0.2) is 0 Å². The highest BCUT2D eigenvalue weighted by Crippen LogP contribution is 2.39. The van der Waals surface area contributed by atoms with E-state index < -0.39 is 0 Å². The van der Waals surface area contributed by atoms with E-state index in [9.17, 15) is 4.79 Å². The molecule has 2 fully saturated rings. The van der Waals surface area contributed by atoms with Crippen LogP contribution in [0.1, 0.15) is 39.5 Å². The van der Waals surface area contributed by atoms with Crippen molar-refractivity contribution in [3.05, 3.63) is 0 Å². The van der Waals surface area contributed by atoms with Crippen LogP contribution in [0.4, 0.5) is 0 Å². The Bertz CT molecular complexity index is 248. The first-order chi connectivity index (χ1) is 7.72. The van der Waals surface area contributed by atoms with Crippen LogP contribution in [-0.4, -0.2) is 36.5 Å². The maximum absolute atomic E-state index is 12.2. The molecule has 16 heavy (non-hydrogen) atoms. The summed E-state index contributed by atoms with van der Waals surface area (Å²) in [5.41, 5.74) is 0. The van der Waals surface area contributed by atoms with Crippen LogP contribution in [0.25, 0.3) is 0 Å². The quantitative estimate of drug-likeness (QED) is 0.770. The molecule has 3 heteroatoms. The van der Waals surface area contributed by atoms with Crippen molar-refractivity contribution in [1.29, 1.82) is 0 Å². The Morgan fingerprint density at radius 2 is 2.25 bits per heavy atom. The van der Waals surface area contributed by atoms with Crippen LogP contribution >= 0.6 is 0 Å². The molecule has 92 valence electrons. The van der Waals surface area contributed by atoms with E-state index in [0.717, 1.165) is 32.5 Å². The number of carbonyl (C=O) groups is 1. The summed E-state index contributed by atoms with van der Waals surface area (Å²) >= 11 is 0. The molecular weight excluding hydrogens is 200 g/mol. The Labute approximate surface area is 98.6 Å². The Kier molecular flexibility index (Phi) is 3.85. The number of hydrogen-bond acceptors (Lipinski definition) is 2. The third-order valence-electron chi connectivity index (χ3n) is 3.84. The molecule has 1 aliphatic carbocycles. The second-order valence-electron chi connectivity index (χ2n) is 5.40. The van der Waals surface area contributed by atoms with Crippen molar-refractivity contribution in [3.63, 3.8) is 0 Å². The molecule has 3 nitrogen and oxygen atoms in total. The van der Waals surface area contributed by atoms with Crippen LogP contribution in [-0.2, 0) is 4.79 Å². The molecular formula is C13H24N2O. The average molecular weight is 224 g/mol. The van der Waals surface area contributed by atoms with Gasteiger partial charge in [-0.25, -0.2) is 0 Å². The van der Waals surface area contributed by atoms with Gasteiger partial charge >= 0.3 is 0 Å². The highest BCUT2D eigenvalue weighted by atomic mass is 16.2. The van der Waals surface area contributed by atoms with E-state index in [1.54, 1.807) is 0 Å². The predicted molar refractivity (Wildman–Crippen MR) is 65.2 cm³/mol. The van der Waals surface area contributed by atoms with Gasteiger partial charge in [0.25, 0.3) is 0 Å². The summed E-state index contributed by atoms with van der Waals surface area (Å²) in [6, 6.07) is 0.546. The maximum atomic E-state index is 12.2. The minimum atomic E-state index is 0.341. The largest absolute Gasteiger partial charge is 0.341 e. The van der Waals surface area contributed by atoms with E-state index in [1.165, 1.54) is 12.8 Å². The molecule has 2 aliphatic rings. The Balaban J connectivity index is 1.85.